The van der Waals surface area contributed by atoms with Gasteiger partial charge in [0.15, 0.2) is 12.4 Å². The van der Waals surface area contributed by atoms with E-state index in [1.165, 1.54) is 0 Å². The first-order valence-electron chi connectivity index (χ1n) is 6.98. The maximum absolute atomic E-state index is 11.9. The van der Waals surface area contributed by atoms with Gasteiger partial charge < -0.3 is 15.2 Å². The van der Waals surface area contributed by atoms with E-state index in [1.54, 1.807) is 18.2 Å². The molecule has 2 aromatic rings. The number of carbonyl (C=O) groups excluding carboxylic acids is 1. The standard InChI is InChI=1S/C16H13ClN2O6/c1-9-2-4-11(7-12(9)17)18-15(20)8-25-14-5-3-10(16(21)22)6-13(14)19(23)24/h2-7H,8H2,1H3,(H,18,20)(H,21,22). The summed E-state index contributed by atoms with van der Waals surface area (Å²) < 4.78 is 5.14. The molecule has 0 aliphatic heterocycles. The number of halogens is 1. The van der Waals surface area contributed by atoms with E-state index < -0.39 is 29.1 Å². The van der Waals surface area contributed by atoms with Crippen molar-refractivity contribution < 1.29 is 24.4 Å². The molecule has 2 aromatic carbocycles. The first-order chi connectivity index (χ1) is 11.8. The molecule has 0 saturated carbocycles. The highest BCUT2D eigenvalue weighted by Crippen LogP contribution is 2.28. The van der Waals surface area contributed by atoms with E-state index >= 15 is 0 Å². The van der Waals surface area contributed by atoms with E-state index in [0.717, 1.165) is 23.8 Å². The fourth-order valence-corrected chi connectivity index (χ4v) is 2.11. The average Bonchev–Trinajstić information content (AvgIpc) is 2.56. The molecule has 0 aliphatic carbocycles. The Bertz CT molecular complexity index is 853. The largest absolute Gasteiger partial charge is 0.478 e. The van der Waals surface area contributed by atoms with Crippen molar-refractivity contribution in [2.45, 2.75) is 6.92 Å². The summed E-state index contributed by atoms with van der Waals surface area (Å²) in [5.74, 6) is -2.05. The molecule has 25 heavy (non-hydrogen) atoms. The second-order valence-corrected chi connectivity index (χ2v) is 5.45. The van der Waals surface area contributed by atoms with Crippen molar-refractivity contribution in [3.8, 4) is 5.75 Å². The van der Waals surface area contributed by atoms with Crippen LogP contribution in [0.25, 0.3) is 0 Å². The molecule has 130 valence electrons. The summed E-state index contributed by atoms with van der Waals surface area (Å²) in [6, 6.07) is 8.12. The number of benzene rings is 2. The Morgan fingerprint density at radius 2 is 2.00 bits per heavy atom. The lowest BCUT2D eigenvalue weighted by molar-refractivity contribution is -0.385. The normalized spacial score (nSPS) is 10.2. The minimum atomic E-state index is -1.30. The average molecular weight is 365 g/mol. The summed E-state index contributed by atoms with van der Waals surface area (Å²) in [4.78, 5) is 33.0. The number of aryl methyl sites for hydroxylation is 1. The number of hydrogen-bond donors (Lipinski definition) is 2. The van der Waals surface area contributed by atoms with Crippen LogP contribution >= 0.6 is 11.6 Å². The third-order valence-corrected chi connectivity index (χ3v) is 3.62. The number of nitrogens with zero attached hydrogens (tertiary/aromatic N) is 1. The van der Waals surface area contributed by atoms with Gasteiger partial charge in [-0.05, 0) is 36.8 Å². The number of ether oxygens (including phenoxy) is 1. The van der Waals surface area contributed by atoms with Crippen LogP contribution in [0.15, 0.2) is 36.4 Å². The monoisotopic (exact) mass is 364 g/mol. The number of hydrogen-bond acceptors (Lipinski definition) is 5. The molecule has 0 heterocycles. The van der Waals surface area contributed by atoms with Crippen molar-refractivity contribution in [3.05, 3.63) is 62.7 Å². The lowest BCUT2D eigenvalue weighted by Gasteiger charge is -2.09. The molecule has 0 bridgehead atoms. The lowest BCUT2D eigenvalue weighted by Crippen LogP contribution is -2.20. The first kappa shape index (κ1) is 18.2. The number of nitro benzene ring substituents is 1. The lowest BCUT2D eigenvalue weighted by atomic mass is 10.2. The van der Waals surface area contributed by atoms with Crippen molar-refractivity contribution in [2.24, 2.45) is 0 Å². The van der Waals surface area contributed by atoms with Crippen molar-refractivity contribution in [2.75, 3.05) is 11.9 Å². The molecule has 9 heteroatoms. The second-order valence-electron chi connectivity index (χ2n) is 5.05. The third kappa shape index (κ3) is 4.67. The SMILES string of the molecule is Cc1ccc(NC(=O)COc2ccc(C(=O)O)cc2[N+](=O)[O-])cc1Cl. The molecule has 2 rings (SSSR count). The van der Waals surface area contributed by atoms with Crippen LogP contribution in [-0.2, 0) is 4.79 Å². The third-order valence-electron chi connectivity index (χ3n) is 3.22. The van der Waals surface area contributed by atoms with E-state index in [0.29, 0.717) is 10.7 Å². The zero-order chi connectivity index (χ0) is 18.6. The quantitative estimate of drug-likeness (QED) is 0.599. The summed E-state index contributed by atoms with van der Waals surface area (Å²) in [7, 11) is 0. The highest BCUT2D eigenvalue weighted by Gasteiger charge is 2.19. The van der Waals surface area contributed by atoms with Gasteiger partial charge in [0.25, 0.3) is 5.91 Å². The maximum Gasteiger partial charge on any atom is 0.335 e. The van der Waals surface area contributed by atoms with Gasteiger partial charge in [0, 0.05) is 16.8 Å². The van der Waals surface area contributed by atoms with E-state index in [9.17, 15) is 19.7 Å². The van der Waals surface area contributed by atoms with Crippen LogP contribution in [0.4, 0.5) is 11.4 Å². The predicted octanol–water partition coefficient (Wildman–Crippen LogP) is 3.27. The van der Waals surface area contributed by atoms with Crippen LogP contribution in [0.5, 0.6) is 5.75 Å². The number of amides is 1. The minimum Gasteiger partial charge on any atom is -0.478 e. The van der Waals surface area contributed by atoms with Gasteiger partial charge in [-0.1, -0.05) is 17.7 Å². The number of carbonyl (C=O) groups is 2. The second kappa shape index (κ2) is 7.63. The van der Waals surface area contributed by atoms with Gasteiger partial charge in [0.05, 0.1) is 10.5 Å². The van der Waals surface area contributed by atoms with Crippen LogP contribution in [-0.4, -0.2) is 28.5 Å². The summed E-state index contributed by atoms with van der Waals surface area (Å²) in [5, 5.41) is 22.9. The maximum atomic E-state index is 11.9. The molecule has 0 fully saturated rings. The van der Waals surface area contributed by atoms with Gasteiger partial charge >= 0.3 is 11.7 Å². The number of anilines is 1. The molecule has 0 saturated heterocycles. The van der Waals surface area contributed by atoms with E-state index in [1.807, 2.05) is 6.92 Å². The van der Waals surface area contributed by atoms with E-state index in [-0.39, 0.29) is 11.3 Å². The molecule has 0 aromatic heterocycles. The summed E-state index contributed by atoms with van der Waals surface area (Å²) in [6.07, 6.45) is 0. The van der Waals surface area contributed by atoms with Gasteiger partial charge in [0.2, 0.25) is 0 Å². The van der Waals surface area contributed by atoms with Crippen LogP contribution in [0.2, 0.25) is 5.02 Å². The van der Waals surface area contributed by atoms with Crippen molar-refractivity contribution in [3.63, 3.8) is 0 Å². The molecule has 0 atom stereocenters. The summed E-state index contributed by atoms with van der Waals surface area (Å²) in [6.45, 7) is 1.33. The van der Waals surface area contributed by atoms with Gasteiger partial charge in [-0.15, -0.1) is 0 Å². The number of nitrogens with one attached hydrogen (secondary N) is 1. The number of rotatable bonds is 6. The molecule has 0 radical (unpaired) electrons. The Kier molecular flexibility index (Phi) is 5.56. The summed E-state index contributed by atoms with van der Waals surface area (Å²) >= 11 is 5.96. The molecular weight excluding hydrogens is 352 g/mol. The van der Waals surface area contributed by atoms with Gasteiger partial charge in [-0.25, -0.2) is 4.79 Å². The highest BCUT2D eigenvalue weighted by molar-refractivity contribution is 6.31. The Morgan fingerprint density at radius 1 is 1.28 bits per heavy atom. The zero-order valence-corrected chi connectivity index (χ0v) is 13.7. The number of aromatic carboxylic acids is 1. The smallest absolute Gasteiger partial charge is 0.335 e. The van der Waals surface area contributed by atoms with Gasteiger partial charge in [0.1, 0.15) is 0 Å². The van der Waals surface area contributed by atoms with Crippen LogP contribution in [0, 0.1) is 17.0 Å². The molecule has 2 N–H and O–H groups in total. The first-order valence-corrected chi connectivity index (χ1v) is 7.36. The van der Waals surface area contributed by atoms with Gasteiger partial charge in [-0.3, -0.25) is 14.9 Å². The Balaban J connectivity index is 2.07. The number of carboxylic acids is 1. The van der Waals surface area contributed by atoms with E-state index in [2.05, 4.69) is 5.32 Å². The predicted molar refractivity (Wildman–Crippen MR) is 90.4 cm³/mol. The van der Waals surface area contributed by atoms with Gasteiger partial charge in [-0.2, -0.15) is 0 Å². The fourth-order valence-electron chi connectivity index (χ4n) is 1.93. The number of carboxylic acid groups (broad SMARTS) is 1. The fraction of sp³-hybridized carbons (Fsp3) is 0.125. The Morgan fingerprint density at radius 3 is 2.60 bits per heavy atom. The topological polar surface area (TPSA) is 119 Å². The number of nitro groups is 1. The van der Waals surface area contributed by atoms with Crippen LogP contribution < -0.4 is 10.1 Å². The Labute approximate surface area is 147 Å². The zero-order valence-electron chi connectivity index (χ0n) is 13.0. The van der Waals surface area contributed by atoms with E-state index in [4.69, 9.17) is 21.4 Å². The molecule has 0 spiro atoms. The highest BCUT2D eigenvalue weighted by atomic mass is 35.5. The van der Waals surface area contributed by atoms with Crippen molar-refractivity contribution >= 4 is 34.9 Å². The summed E-state index contributed by atoms with van der Waals surface area (Å²) in [5.41, 5.74) is 0.522. The Hall–Kier alpha value is -3.13. The molecular formula is C16H13ClN2O6. The van der Waals surface area contributed by atoms with Crippen molar-refractivity contribution in [1.29, 1.82) is 0 Å². The molecule has 0 aliphatic rings. The van der Waals surface area contributed by atoms with Crippen LogP contribution in [0.1, 0.15) is 15.9 Å². The van der Waals surface area contributed by atoms with Crippen molar-refractivity contribution in [1.82, 2.24) is 0 Å². The molecule has 0 unspecified atom stereocenters. The molecule has 8 nitrogen and oxygen atoms in total. The van der Waals surface area contributed by atoms with Crippen LogP contribution in [0.3, 0.4) is 0 Å². The minimum absolute atomic E-state index is 0.202. The molecule has 1 amide bonds.